The van der Waals surface area contributed by atoms with Gasteiger partial charge in [-0.2, -0.15) is 0 Å². The van der Waals surface area contributed by atoms with Crippen LogP contribution in [0.5, 0.6) is 0 Å². The second kappa shape index (κ2) is 7.22. The lowest BCUT2D eigenvalue weighted by Gasteiger charge is -2.42. The third-order valence-corrected chi connectivity index (χ3v) is 3.24. The molecule has 0 aliphatic carbocycles. The topological polar surface area (TPSA) is 39.7 Å². The van der Waals surface area contributed by atoms with Gasteiger partial charge in [0.15, 0.2) is 0 Å². The lowest BCUT2D eigenvalue weighted by molar-refractivity contribution is -0.135. The van der Waals surface area contributed by atoms with Crippen LogP contribution in [0, 0.1) is 0 Å². The SMILES string of the molecule is CCOCC(NC)C1(OCC)CCOCC1. The van der Waals surface area contributed by atoms with Crippen molar-refractivity contribution in [1.29, 1.82) is 0 Å². The lowest BCUT2D eigenvalue weighted by atomic mass is 9.86. The Morgan fingerprint density at radius 3 is 2.44 bits per heavy atom. The zero-order valence-corrected chi connectivity index (χ0v) is 10.8. The molecule has 4 nitrogen and oxygen atoms in total. The number of hydrogen-bond acceptors (Lipinski definition) is 4. The summed E-state index contributed by atoms with van der Waals surface area (Å²) in [5.41, 5.74) is -0.114. The molecule has 16 heavy (non-hydrogen) atoms. The van der Waals surface area contributed by atoms with E-state index in [4.69, 9.17) is 14.2 Å². The first-order valence-electron chi connectivity index (χ1n) is 6.25. The summed E-state index contributed by atoms with van der Waals surface area (Å²) in [6.45, 7) is 7.82. The number of likely N-dealkylation sites (N-methyl/N-ethyl adjacent to an activating group) is 1. The molecule has 1 N–H and O–H groups in total. The molecule has 1 unspecified atom stereocenters. The Labute approximate surface area is 98.6 Å². The van der Waals surface area contributed by atoms with E-state index in [2.05, 4.69) is 5.32 Å². The van der Waals surface area contributed by atoms with E-state index in [9.17, 15) is 0 Å². The minimum atomic E-state index is -0.114. The van der Waals surface area contributed by atoms with E-state index >= 15 is 0 Å². The molecule has 1 saturated heterocycles. The summed E-state index contributed by atoms with van der Waals surface area (Å²) >= 11 is 0. The highest BCUT2D eigenvalue weighted by molar-refractivity contribution is 4.94. The van der Waals surface area contributed by atoms with Gasteiger partial charge in [-0.25, -0.2) is 0 Å². The summed E-state index contributed by atoms with van der Waals surface area (Å²) in [5, 5.41) is 3.33. The summed E-state index contributed by atoms with van der Waals surface area (Å²) in [6.07, 6.45) is 1.89. The van der Waals surface area contributed by atoms with Crippen molar-refractivity contribution in [1.82, 2.24) is 5.32 Å². The summed E-state index contributed by atoms with van der Waals surface area (Å²) in [5.74, 6) is 0. The number of ether oxygens (including phenoxy) is 3. The fourth-order valence-electron chi connectivity index (χ4n) is 2.33. The molecule has 1 heterocycles. The molecular weight excluding hydrogens is 206 g/mol. The van der Waals surface area contributed by atoms with Crippen LogP contribution in [0.25, 0.3) is 0 Å². The lowest BCUT2D eigenvalue weighted by Crippen LogP contribution is -2.56. The van der Waals surface area contributed by atoms with Crippen LogP contribution in [0.3, 0.4) is 0 Å². The van der Waals surface area contributed by atoms with Gasteiger partial charge in [-0.1, -0.05) is 0 Å². The Balaban J connectivity index is 2.63. The zero-order chi connectivity index (χ0) is 11.9. The molecule has 0 aromatic carbocycles. The van der Waals surface area contributed by atoms with Gasteiger partial charge in [0.2, 0.25) is 0 Å². The molecule has 0 aromatic heterocycles. The van der Waals surface area contributed by atoms with Crippen LogP contribution in [-0.2, 0) is 14.2 Å². The average molecular weight is 231 g/mol. The molecule has 4 heteroatoms. The predicted molar refractivity (Wildman–Crippen MR) is 63.8 cm³/mol. The summed E-state index contributed by atoms with van der Waals surface area (Å²) < 4.78 is 16.9. The highest BCUT2D eigenvalue weighted by Crippen LogP contribution is 2.29. The van der Waals surface area contributed by atoms with E-state index in [-0.39, 0.29) is 11.6 Å². The van der Waals surface area contributed by atoms with Gasteiger partial charge in [-0.15, -0.1) is 0 Å². The van der Waals surface area contributed by atoms with Crippen molar-refractivity contribution >= 4 is 0 Å². The van der Waals surface area contributed by atoms with Gasteiger partial charge in [-0.05, 0) is 20.9 Å². The molecule has 0 saturated carbocycles. The fourth-order valence-corrected chi connectivity index (χ4v) is 2.33. The Kier molecular flexibility index (Phi) is 6.28. The smallest absolute Gasteiger partial charge is 0.0900 e. The molecule has 0 radical (unpaired) electrons. The van der Waals surface area contributed by atoms with Crippen molar-refractivity contribution in [3.05, 3.63) is 0 Å². The van der Waals surface area contributed by atoms with Crippen LogP contribution in [-0.4, -0.2) is 51.7 Å². The minimum absolute atomic E-state index is 0.114. The van der Waals surface area contributed by atoms with Crippen LogP contribution in [0.4, 0.5) is 0 Å². The van der Waals surface area contributed by atoms with E-state index in [0.29, 0.717) is 6.61 Å². The molecule has 96 valence electrons. The van der Waals surface area contributed by atoms with E-state index in [1.807, 2.05) is 20.9 Å². The summed E-state index contributed by atoms with van der Waals surface area (Å²) in [4.78, 5) is 0. The zero-order valence-electron chi connectivity index (χ0n) is 10.8. The predicted octanol–water partition coefficient (Wildman–Crippen LogP) is 1.20. The maximum Gasteiger partial charge on any atom is 0.0900 e. The third kappa shape index (κ3) is 3.42. The number of hydrogen-bond donors (Lipinski definition) is 1. The Morgan fingerprint density at radius 2 is 1.94 bits per heavy atom. The number of rotatable bonds is 7. The van der Waals surface area contributed by atoms with Crippen molar-refractivity contribution in [2.75, 3.05) is 40.1 Å². The molecule has 1 rings (SSSR count). The van der Waals surface area contributed by atoms with Crippen LogP contribution in [0.2, 0.25) is 0 Å². The molecule has 1 aliphatic heterocycles. The van der Waals surface area contributed by atoms with E-state index in [1.165, 1.54) is 0 Å². The number of nitrogens with one attached hydrogen (secondary N) is 1. The van der Waals surface area contributed by atoms with Gasteiger partial charge in [0.25, 0.3) is 0 Å². The quantitative estimate of drug-likeness (QED) is 0.714. The Morgan fingerprint density at radius 1 is 1.25 bits per heavy atom. The minimum Gasteiger partial charge on any atom is -0.381 e. The van der Waals surface area contributed by atoms with Gasteiger partial charge >= 0.3 is 0 Å². The van der Waals surface area contributed by atoms with Gasteiger partial charge in [0.05, 0.1) is 18.2 Å². The van der Waals surface area contributed by atoms with E-state index < -0.39 is 0 Å². The monoisotopic (exact) mass is 231 g/mol. The van der Waals surface area contributed by atoms with Gasteiger partial charge < -0.3 is 19.5 Å². The molecule has 0 spiro atoms. The van der Waals surface area contributed by atoms with Gasteiger partial charge in [-0.3, -0.25) is 0 Å². The molecule has 1 atom stereocenters. The first-order chi connectivity index (χ1) is 7.79. The highest BCUT2D eigenvalue weighted by atomic mass is 16.5. The highest BCUT2D eigenvalue weighted by Gasteiger charge is 2.40. The largest absolute Gasteiger partial charge is 0.381 e. The molecule has 0 bridgehead atoms. The van der Waals surface area contributed by atoms with Crippen molar-refractivity contribution in [3.8, 4) is 0 Å². The maximum atomic E-state index is 6.00. The normalized spacial score (nSPS) is 21.9. The Bertz CT molecular complexity index is 176. The van der Waals surface area contributed by atoms with Crippen molar-refractivity contribution in [2.24, 2.45) is 0 Å². The van der Waals surface area contributed by atoms with Crippen LogP contribution in [0.1, 0.15) is 26.7 Å². The van der Waals surface area contributed by atoms with E-state index in [1.54, 1.807) is 0 Å². The van der Waals surface area contributed by atoms with Crippen LogP contribution >= 0.6 is 0 Å². The van der Waals surface area contributed by atoms with Crippen LogP contribution in [0.15, 0.2) is 0 Å². The third-order valence-electron chi connectivity index (χ3n) is 3.24. The van der Waals surface area contributed by atoms with Crippen molar-refractivity contribution < 1.29 is 14.2 Å². The molecule has 1 fully saturated rings. The van der Waals surface area contributed by atoms with Crippen molar-refractivity contribution in [3.63, 3.8) is 0 Å². The molecule has 0 aromatic rings. The summed E-state index contributed by atoms with van der Waals surface area (Å²) in [7, 11) is 1.97. The van der Waals surface area contributed by atoms with Gasteiger partial charge in [0, 0.05) is 39.3 Å². The standard InChI is InChI=1S/C12H25NO3/c1-4-14-10-11(13-3)12(16-5-2)6-8-15-9-7-12/h11,13H,4-10H2,1-3H3. The van der Waals surface area contributed by atoms with Crippen LogP contribution < -0.4 is 5.32 Å². The first kappa shape index (κ1) is 13.9. The average Bonchev–Trinajstić information content (AvgIpc) is 2.31. The fraction of sp³-hybridized carbons (Fsp3) is 1.00. The second-order valence-corrected chi connectivity index (χ2v) is 4.11. The molecule has 0 amide bonds. The van der Waals surface area contributed by atoms with Crippen molar-refractivity contribution in [2.45, 2.75) is 38.3 Å². The first-order valence-corrected chi connectivity index (χ1v) is 6.25. The summed E-state index contributed by atoms with van der Waals surface area (Å²) in [6, 6.07) is 0.247. The molecular formula is C12H25NO3. The second-order valence-electron chi connectivity index (χ2n) is 4.11. The van der Waals surface area contributed by atoms with Gasteiger partial charge in [0.1, 0.15) is 0 Å². The van der Waals surface area contributed by atoms with E-state index in [0.717, 1.165) is 39.3 Å². The maximum absolute atomic E-state index is 6.00. The molecule has 1 aliphatic rings. The Hall–Kier alpha value is -0.160.